The number of aliphatic carboxylic acids is 1. The summed E-state index contributed by atoms with van der Waals surface area (Å²) in [6.07, 6.45) is 0.258. The van der Waals surface area contributed by atoms with E-state index in [0.29, 0.717) is 16.5 Å². The van der Waals surface area contributed by atoms with E-state index >= 15 is 0 Å². The lowest BCUT2D eigenvalue weighted by molar-refractivity contribution is -0.142. The Hall–Kier alpha value is -3.19. The maximum absolute atomic E-state index is 13.1. The van der Waals surface area contributed by atoms with Crippen LogP contribution in [0, 0.1) is 6.92 Å². The molecule has 0 saturated heterocycles. The van der Waals surface area contributed by atoms with Crippen LogP contribution in [0.25, 0.3) is 5.69 Å². The molecular formula is C20H17ClN4O3. The largest absolute Gasteiger partial charge is 0.480 e. The number of benzene rings is 2. The van der Waals surface area contributed by atoms with Gasteiger partial charge >= 0.3 is 5.97 Å². The van der Waals surface area contributed by atoms with E-state index in [0.717, 1.165) is 11.1 Å². The summed E-state index contributed by atoms with van der Waals surface area (Å²) in [5, 5.41) is 14.5. The molecule has 1 amide bonds. The monoisotopic (exact) mass is 396 g/mol. The average molecular weight is 397 g/mol. The van der Waals surface area contributed by atoms with Gasteiger partial charge in [-0.2, -0.15) is 0 Å². The minimum absolute atomic E-state index is 0.0296. The molecule has 0 aliphatic carbocycles. The van der Waals surface area contributed by atoms with Crippen molar-refractivity contribution in [2.24, 2.45) is 0 Å². The van der Waals surface area contributed by atoms with Gasteiger partial charge in [0.05, 0.1) is 5.69 Å². The van der Waals surface area contributed by atoms with Gasteiger partial charge in [-0.3, -0.25) is 4.79 Å². The van der Waals surface area contributed by atoms with Gasteiger partial charge in [-0.05, 0) is 42.3 Å². The molecule has 28 heavy (non-hydrogen) atoms. The van der Waals surface area contributed by atoms with Gasteiger partial charge in [0.2, 0.25) is 5.82 Å². The first-order valence-electron chi connectivity index (χ1n) is 8.74. The standard InChI is InChI=1S/C20H17ClN4O3/c1-12-22-18(23-25(12)16-8-6-15(21)7-9-16)19(26)24-11-14-5-3-2-4-13(14)10-17(24)20(27)28/h2-9,17H,10-11H2,1H3,(H,27,28)/t17-/m1/s1. The van der Waals surface area contributed by atoms with E-state index in [9.17, 15) is 14.7 Å². The molecule has 0 spiro atoms. The highest BCUT2D eigenvalue weighted by Gasteiger charge is 2.36. The second-order valence-electron chi connectivity index (χ2n) is 6.63. The van der Waals surface area contributed by atoms with Crippen LogP contribution in [0.4, 0.5) is 0 Å². The second kappa shape index (κ2) is 7.09. The molecule has 1 aromatic heterocycles. The molecule has 8 heteroatoms. The van der Waals surface area contributed by atoms with E-state index in [1.807, 2.05) is 24.3 Å². The zero-order valence-electron chi connectivity index (χ0n) is 15.0. The van der Waals surface area contributed by atoms with Gasteiger partial charge < -0.3 is 10.0 Å². The van der Waals surface area contributed by atoms with Gasteiger partial charge in [0, 0.05) is 18.0 Å². The Kier molecular flexibility index (Phi) is 4.60. The molecule has 3 aromatic rings. The number of halogens is 1. The van der Waals surface area contributed by atoms with Crippen molar-refractivity contribution in [2.45, 2.75) is 25.9 Å². The topological polar surface area (TPSA) is 88.3 Å². The van der Waals surface area contributed by atoms with Crippen molar-refractivity contribution in [3.8, 4) is 5.69 Å². The number of aromatic nitrogens is 3. The molecule has 0 saturated carbocycles. The van der Waals surface area contributed by atoms with Crippen LogP contribution in [-0.2, 0) is 17.8 Å². The second-order valence-corrected chi connectivity index (χ2v) is 7.07. The van der Waals surface area contributed by atoms with Crippen LogP contribution in [0.5, 0.6) is 0 Å². The van der Waals surface area contributed by atoms with Crippen LogP contribution < -0.4 is 0 Å². The lowest BCUT2D eigenvalue weighted by Gasteiger charge is -2.33. The molecular weight excluding hydrogens is 380 g/mol. The normalized spacial score (nSPS) is 15.9. The SMILES string of the molecule is Cc1nc(C(=O)N2Cc3ccccc3C[C@@H]2C(=O)O)nn1-c1ccc(Cl)cc1. The number of aryl methyl sites for hydroxylation is 1. The molecule has 7 nitrogen and oxygen atoms in total. The van der Waals surface area contributed by atoms with Gasteiger partial charge in [0.1, 0.15) is 11.9 Å². The number of carboxylic acids is 1. The number of carboxylic acid groups (broad SMARTS) is 1. The molecule has 4 rings (SSSR count). The van der Waals surface area contributed by atoms with Crippen molar-refractivity contribution < 1.29 is 14.7 Å². The Bertz CT molecular complexity index is 1060. The van der Waals surface area contributed by atoms with Gasteiger partial charge in [-0.25, -0.2) is 14.5 Å². The fourth-order valence-corrected chi connectivity index (χ4v) is 3.52. The summed E-state index contributed by atoms with van der Waals surface area (Å²) in [6.45, 7) is 1.94. The number of fused-ring (bicyclic) bond motifs is 1. The van der Waals surface area contributed by atoms with Crippen molar-refractivity contribution in [1.29, 1.82) is 0 Å². The van der Waals surface area contributed by atoms with Crippen LogP contribution in [0.3, 0.4) is 0 Å². The van der Waals surface area contributed by atoms with Gasteiger partial charge in [0.15, 0.2) is 0 Å². The molecule has 142 valence electrons. The van der Waals surface area contributed by atoms with Crippen LogP contribution in [-0.4, -0.2) is 42.7 Å². The maximum atomic E-state index is 13.1. The van der Waals surface area contributed by atoms with Crippen LogP contribution in [0.15, 0.2) is 48.5 Å². The summed E-state index contributed by atoms with van der Waals surface area (Å²) >= 11 is 5.92. The Morgan fingerprint density at radius 2 is 1.79 bits per heavy atom. The Balaban J connectivity index is 1.68. The zero-order chi connectivity index (χ0) is 19.8. The molecule has 0 bridgehead atoms. The minimum atomic E-state index is -1.04. The summed E-state index contributed by atoms with van der Waals surface area (Å²) in [6, 6.07) is 13.6. The number of carbonyl (C=O) groups is 2. The molecule has 1 aliphatic rings. The highest BCUT2D eigenvalue weighted by atomic mass is 35.5. The fraction of sp³-hybridized carbons (Fsp3) is 0.200. The van der Waals surface area contributed by atoms with Crippen molar-refractivity contribution >= 4 is 23.5 Å². The van der Waals surface area contributed by atoms with E-state index in [4.69, 9.17) is 11.6 Å². The van der Waals surface area contributed by atoms with E-state index in [1.165, 1.54) is 9.58 Å². The van der Waals surface area contributed by atoms with Gasteiger partial charge in [-0.15, -0.1) is 5.10 Å². The molecule has 1 aliphatic heterocycles. The van der Waals surface area contributed by atoms with Crippen LogP contribution >= 0.6 is 11.6 Å². The van der Waals surface area contributed by atoms with Crippen molar-refractivity contribution in [1.82, 2.24) is 19.7 Å². The van der Waals surface area contributed by atoms with E-state index in [-0.39, 0.29) is 18.8 Å². The minimum Gasteiger partial charge on any atom is -0.480 e. The van der Waals surface area contributed by atoms with E-state index in [2.05, 4.69) is 10.1 Å². The molecule has 0 radical (unpaired) electrons. The molecule has 1 N–H and O–H groups in total. The van der Waals surface area contributed by atoms with Crippen molar-refractivity contribution in [3.63, 3.8) is 0 Å². The number of carbonyl (C=O) groups excluding carboxylic acids is 1. The van der Waals surface area contributed by atoms with Crippen molar-refractivity contribution in [2.75, 3.05) is 0 Å². The predicted molar refractivity (Wildman–Crippen MR) is 103 cm³/mol. The third kappa shape index (κ3) is 3.25. The molecule has 0 unspecified atom stereocenters. The number of amides is 1. The first kappa shape index (κ1) is 18.2. The predicted octanol–water partition coefficient (Wildman–Crippen LogP) is 2.88. The Labute approximate surface area is 166 Å². The van der Waals surface area contributed by atoms with Crippen LogP contribution in [0.1, 0.15) is 27.6 Å². The average Bonchev–Trinajstić information content (AvgIpc) is 3.08. The lowest BCUT2D eigenvalue weighted by atomic mass is 9.94. The number of nitrogens with zero attached hydrogens (tertiary/aromatic N) is 4. The summed E-state index contributed by atoms with van der Waals surface area (Å²) in [7, 11) is 0. The number of hydrogen-bond donors (Lipinski definition) is 1. The van der Waals surface area contributed by atoms with Gasteiger partial charge in [0.25, 0.3) is 5.91 Å². The van der Waals surface area contributed by atoms with Crippen molar-refractivity contribution in [3.05, 3.63) is 76.3 Å². The number of rotatable bonds is 3. The summed E-state index contributed by atoms with van der Waals surface area (Å²) in [5.41, 5.74) is 2.59. The first-order chi connectivity index (χ1) is 13.4. The van der Waals surface area contributed by atoms with E-state index in [1.54, 1.807) is 31.2 Å². The molecule has 0 fully saturated rings. The smallest absolute Gasteiger partial charge is 0.326 e. The molecule has 2 heterocycles. The highest BCUT2D eigenvalue weighted by molar-refractivity contribution is 6.30. The Morgan fingerprint density at radius 3 is 2.46 bits per heavy atom. The summed E-state index contributed by atoms with van der Waals surface area (Å²) in [5.74, 6) is -1.05. The fourth-order valence-electron chi connectivity index (χ4n) is 3.39. The third-order valence-electron chi connectivity index (χ3n) is 4.83. The van der Waals surface area contributed by atoms with Gasteiger partial charge in [-0.1, -0.05) is 35.9 Å². The quantitative estimate of drug-likeness (QED) is 0.735. The highest BCUT2D eigenvalue weighted by Crippen LogP contribution is 2.25. The molecule has 2 aromatic carbocycles. The van der Waals surface area contributed by atoms with E-state index < -0.39 is 17.9 Å². The summed E-state index contributed by atoms with van der Waals surface area (Å²) in [4.78, 5) is 30.5. The number of hydrogen-bond acceptors (Lipinski definition) is 4. The first-order valence-corrected chi connectivity index (χ1v) is 9.12. The van der Waals surface area contributed by atoms with Crippen LogP contribution in [0.2, 0.25) is 5.02 Å². The Morgan fingerprint density at radius 1 is 1.11 bits per heavy atom. The maximum Gasteiger partial charge on any atom is 0.326 e. The zero-order valence-corrected chi connectivity index (χ0v) is 15.8. The third-order valence-corrected chi connectivity index (χ3v) is 5.08. The summed E-state index contributed by atoms with van der Waals surface area (Å²) < 4.78 is 1.54. The molecule has 1 atom stereocenters. The lowest BCUT2D eigenvalue weighted by Crippen LogP contribution is -2.49.